The molecule has 0 saturated carbocycles. The summed E-state index contributed by atoms with van der Waals surface area (Å²) in [5.74, 6) is 1.24. The third-order valence-corrected chi connectivity index (χ3v) is 3.66. The number of aliphatic hydroxyl groups excluding tert-OH is 1. The molecule has 1 rings (SSSR count). The van der Waals surface area contributed by atoms with Gasteiger partial charge in [-0.1, -0.05) is 32.0 Å². The molecular weight excluding hydrogens is 294 g/mol. The molecule has 5 nitrogen and oxygen atoms in total. The van der Waals surface area contributed by atoms with Crippen LogP contribution in [0.25, 0.3) is 0 Å². The van der Waals surface area contributed by atoms with Gasteiger partial charge in [0.15, 0.2) is 0 Å². The van der Waals surface area contributed by atoms with Crippen LogP contribution in [0.5, 0.6) is 5.75 Å². The molecule has 0 radical (unpaired) electrons. The smallest absolute Gasteiger partial charge is 0.122 e. The van der Waals surface area contributed by atoms with E-state index in [9.17, 15) is 5.11 Å². The first-order valence-corrected chi connectivity index (χ1v) is 8.18. The van der Waals surface area contributed by atoms with E-state index in [2.05, 4.69) is 24.8 Å². The van der Waals surface area contributed by atoms with Crippen molar-refractivity contribution in [2.45, 2.75) is 25.9 Å². The van der Waals surface area contributed by atoms with Crippen LogP contribution in [-0.2, 0) is 9.47 Å². The predicted octanol–water partition coefficient (Wildman–Crippen LogP) is 2.14. The summed E-state index contributed by atoms with van der Waals surface area (Å²) >= 11 is 0. The lowest BCUT2D eigenvalue weighted by molar-refractivity contribution is 0.0457. The normalized spacial score (nSPS) is 12.8. The Bertz CT molecular complexity index is 417. The summed E-state index contributed by atoms with van der Waals surface area (Å²) in [5.41, 5.74) is 1.16. The molecule has 1 aromatic carbocycles. The number of rotatable bonds is 12. The summed E-state index contributed by atoms with van der Waals surface area (Å²) in [4.78, 5) is 2.12. The van der Waals surface area contributed by atoms with E-state index >= 15 is 0 Å². The van der Waals surface area contributed by atoms with E-state index in [-0.39, 0.29) is 6.61 Å². The Kier molecular flexibility index (Phi) is 9.87. The summed E-state index contributed by atoms with van der Waals surface area (Å²) in [6, 6.07) is 7.98. The molecule has 5 heteroatoms. The maximum absolute atomic E-state index is 10.3. The van der Waals surface area contributed by atoms with Crippen LogP contribution in [0.4, 0.5) is 0 Å². The molecule has 0 saturated heterocycles. The zero-order chi connectivity index (χ0) is 17.1. The summed E-state index contributed by atoms with van der Waals surface area (Å²) in [5, 5.41) is 10.3. The second-order valence-corrected chi connectivity index (χ2v) is 5.94. The average Bonchev–Trinajstić information content (AvgIpc) is 2.55. The van der Waals surface area contributed by atoms with Gasteiger partial charge in [0, 0.05) is 33.9 Å². The van der Waals surface area contributed by atoms with Crippen molar-refractivity contribution < 1.29 is 19.3 Å². The Morgan fingerprint density at radius 1 is 1.04 bits per heavy atom. The topological polar surface area (TPSA) is 51.2 Å². The molecule has 132 valence electrons. The third-order valence-electron chi connectivity index (χ3n) is 3.66. The molecule has 0 bridgehead atoms. The van der Waals surface area contributed by atoms with Crippen LogP contribution in [0.1, 0.15) is 25.3 Å². The first-order chi connectivity index (χ1) is 11.1. The number of hydrogen-bond acceptors (Lipinski definition) is 5. The van der Waals surface area contributed by atoms with Crippen molar-refractivity contribution in [1.29, 1.82) is 0 Å². The van der Waals surface area contributed by atoms with Crippen LogP contribution in [0.15, 0.2) is 24.3 Å². The highest BCUT2D eigenvalue weighted by molar-refractivity contribution is 5.35. The Balaban J connectivity index is 2.49. The van der Waals surface area contributed by atoms with E-state index in [1.54, 1.807) is 14.2 Å². The highest BCUT2D eigenvalue weighted by atomic mass is 16.5. The Labute approximate surface area is 140 Å². The van der Waals surface area contributed by atoms with Gasteiger partial charge < -0.3 is 19.3 Å². The molecule has 0 heterocycles. The molecule has 1 N–H and O–H groups in total. The van der Waals surface area contributed by atoms with Crippen LogP contribution in [0, 0.1) is 0 Å². The number of methoxy groups -OCH3 is 2. The molecule has 0 aromatic heterocycles. The molecule has 23 heavy (non-hydrogen) atoms. The molecule has 0 amide bonds. The average molecular weight is 325 g/mol. The molecular formula is C18H31NO4. The summed E-state index contributed by atoms with van der Waals surface area (Å²) in [7, 11) is 3.35. The lowest BCUT2D eigenvalue weighted by Gasteiger charge is -2.25. The number of ether oxygens (including phenoxy) is 3. The van der Waals surface area contributed by atoms with Gasteiger partial charge in [-0.15, -0.1) is 0 Å². The van der Waals surface area contributed by atoms with Crippen LogP contribution >= 0.6 is 0 Å². The van der Waals surface area contributed by atoms with Crippen molar-refractivity contribution in [3.05, 3.63) is 29.8 Å². The molecule has 0 unspecified atom stereocenters. The van der Waals surface area contributed by atoms with E-state index in [1.807, 2.05) is 18.2 Å². The Morgan fingerprint density at radius 2 is 1.65 bits per heavy atom. The minimum atomic E-state index is -0.552. The zero-order valence-corrected chi connectivity index (χ0v) is 14.8. The standard InChI is InChI=1S/C18H31NO4/c1-15(2)17-7-5-6-8-18(17)23-14-16(20)13-19(9-11-21-3)10-12-22-4/h5-8,15-16,20H,9-14H2,1-4H3/t16-/m1/s1. The summed E-state index contributed by atoms with van der Waals surface area (Å²) < 4.78 is 16.1. The van der Waals surface area contributed by atoms with E-state index in [4.69, 9.17) is 14.2 Å². The number of nitrogens with zero attached hydrogens (tertiary/aromatic N) is 1. The summed E-state index contributed by atoms with van der Waals surface area (Å²) in [6.07, 6.45) is -0.552. The van der Waals surface area contributed by atoms with Gasteiger partial charge >= 0.3 is 0 Å². The van der Waals surface area contributed by atoms with Gasteiger partial charge in [0.25, 0.3) is 0 Å². The SMILES string of the molecule is COCCN(CCOC)C[C@@H](O)COc1ccccc1C(C)C. The monoisotopic (exact) mass is 325 g/mol. The van der Waals surface area contributed by atoms with Gasteiger partial charge in [-0.05, 0) is 17.5 Å². The highest BCUT2D eigenvalue weighted by Crippen LogP contribution is 2.25. The van der Waals surface area contributed by atoms with E-state index < -0.39 is 6.10 Å². The molecule has 0 aliphatic heterocycles. The van der Waals surface area contributed by atoms with Gasteiger partial charge in [-0.2, -0.15) is 0 Å². The Hall–Kier alpha value is -1.14. The van der Waals surface area contributed by atoms with Crippen molar-refractivity contribution >= 4 is 0 Å². The van der Waals surface area contributed by atoms with E-state index in [0.29, 0.717) is 25.7 Å². The molecule has 0 fully saturated rings. The number of para-hydroxylation sites is 1. The quantitative estimate of drug-likeness (QED) is 0.638. The van der Waals surface area contributed by atoms with Crippen LogP contribution in [0.3, 0.4) is 0 Å². The van der Waals surface area contributed by atoms with Crippen LogP contribution < -0.4 is 4.74 Å². The van der Waals surface area contributed by atoms with E-state index in [1.165, 1.54) is 0 Å². The van der Waals surface area contributed by atoms with Gasteiger partial charge in [-0.25, -0.2) is 0 Å². The fraction of sp³-hybridized carbons (Fsp3) is 0.667. The summed E-state index contributed by atoms with van der Waals surface area (Å²) in [6.45, 7) is 7.88. The van der Waals surface area contributed by atoms with Gasteiger partial charge in [0.2, 0.25) is 0 Å². The van der Waals surface area contributed by atoms with Crippen molar-refractivity contribution in [3.8, 4) is 5.75 Å². The molecule has 0 aliphatic rings. The molecule has 1 atom stereocenters. The largest absolute Gasteiger partial charge is 0.491 e. The minimum absolute atomic E-state index is 0.278. The second kappa shape index (κ2) is 11.4. The first-order valence-electron chi connectivity index (χ1n) is 8.18. The molecule has 0 spiro atoms. The first kappa shape index (κ1) is 19.9. The highest BCUT2D eigenvalue weighted by Gasteiger charge is 2.14. The maximum atomic E-state index is 10.3. The van der Waals surface area contributed by atoms with Crippen molar-refractivity contribution in [3.63, 3.8) is 0 Å². The fourth-order valence-corrected chi connectivity index (χ4v) is 2.36. The minimum Gasteiger partial charge on any atom is -0.491 e. The maximum Gasteiger partial charge on any atom is 0.122 e. The zero-order valence-electron chi connectivity index (χ0n) is 14.8. The van der Waals surface area contributed by atoms with Gasteiger partial charge in [0.05, 0.1) is 13.2 Å². The van der Waals surface area contributed by atoms with Crippen molar-refractivity contribution in [1.82, 2.24) is 4.90 Å². The van der Waals surface area contributed by atoms with Crippen molar-refractivity contribution in [2.24, 2.45) is 0 Å². The van der Waals surface area contributed by atoms with Gasteiger partial charge in [-0.3, -0.25) is 4.90 Å². The van der Waals surface area contributed by atoms with Crippen LogP contribution in [-0.4, -0.2) is 69.8 Å². The lowest BCUT2D eigenvalue weighted by atomic mass is 10.0. The van der Waals surface area contributed by atoms with E-state index in [0.717, 1.165) is 24.4 Å². The fourth-order valence-electron chi connectivity index (χ4n) is 2.36. The number of aliphatic hydroxyl groups is 1. The molecule has 0 aliphatic carbocycles. The van der Waals surface area contributed by atoms with Gasteiger partial charge in [0.1, 0.15) is 18.5 Å². The number of benzene rings is 1. The number of hydrogen-bond donors (Lipinski definition) is 1. The van der Waals surface area contributed by atoms with Crippen molar-refractivity contribution in [2.75, 3.05) is 53.7 Å². The third kappa shape index (κ3) is 7.79. The molecule has 1 aromatic rings. The Morgan fingerprint density at radius 3 is 2.22 bits per heavy atom. The second-order valence-electron chi connectivity index (χ2n) is 5.94. The van der Waals surface area contributed by atoms with Crippen LogP contribution in [0.2, 0.25) is 0 Å². The lowest BCUT2D eigenvalue weighted by Crippen LogP contribution is -2.39. The predicted molar refractivity (Wildman–Crippen MR) is 92.2 cm³/mol.